The molecule has 0 bridgehead atoms. The fourth-order valence-corrected chi connectivity index (χ4v) is 3.71. The number of aromatic nitrogens is 1. The van der Waals surface area contributed by atoms with Crippen molar-refractivity contribution in [1.82, 2.24) is 4.98 Å². The lowest BCUT2D eigenvalue weighted by atomic mass is 10.2. The van der Waals surface area contributed by atoms with Crippen molar-refractivity contribution < 1.29 is 8.42 Å². The van der Waals surface area contributed by atoms with Gasteiger partial charge in [0, 0.05) is 4.88 Å². The molecule has 0 saturated heterocycles. The summed E-state index contributed by atoms with van der Waals surface area (Å²) in [6, 6.07) is 6.59. The lowest BCUT2D eigenvalue weighted by Crippen LogP contribution is -2.16. The van der Waals surface area contributed by atoms with E-state index in [2.05, 4.69) is 10.3 Å². The molecule has 1 heterocycles. The van der Waals surface area contributed by atoms with Crippen LogP contribution in [0.25, 0.3) is 0 Å². The topological polar surface area (TPSA) is 85.1 Å². The molecule has 7 heteroatoms. The first-order chi connectivity index (χ1) is 9.29. The Bertz CT molecular complexity index is 723. The maximum atomic E-state index is 11.6. The third-order valence-corrected chi connectivity index (χ3v) is 5.12. The molecule has 1 atom stereocenters. The van der Waals surface area contributed by atoms with Crippen molar-refractivity contribution in [3.8, 4) is 0 Å². The highest BCUT2D eigenvalue weighted by Gasteiger charge is 2.17. The number of anilines is 1. The number of primary sulfonamides is 1. The van der Waals surface area contributed by atoms with Crippen LogP contribution in [0, 0.1) is 13.8 Å². The zero-order chi connectivity index (χ0) is 14.9. The lowest BCUT2D eigenvalue weighted by molar-refractivity contribution is 0.598. The summed E-state index contributed by atoms with van der Waals surface area (Å²) < 4.78 is 23.1. The molecule has 3 N–H and O–H groups in total. The number of hydrogen-bond acceptors (Lipinski definition) is 5. The van der Waals surface area contributed by atoms with E-state index < -0.39 is 10.0 Å². The second-order valence-electron chi connectivity index (χ2n) is 4.59. The molecule has 1 aromatic carbocycles. The first-order valence-electron chi connectivity index (χ1n) is 6.11. The molecule has 0 spiro atoms. The molecule has 0 amide bonds. The van der Waals surface area contributed by atoms with Gasteiger partial charge in [-0.25, -0.2) is 18.5 Å². The number of thiazole rings is 1. The Labute approximate surface area is 122 Å². The Balaban J connectivity index is 2.34. The van der Waals surface area contributed by atoms with E-state index in [9.17, 15) is 8.42 Å². The van der Waals surface area contributed by atoms with Crippen molar-refractivity contribution in [2.24, 2.45) is 5.14 Å². The Morgan fingerprint density at radius 1 is 1.30 bits per heavy atom. The minimum atomic E-state index is -3.74. The van der Waals surface area contributed by atoms with Gasteiger partial charge in [-0.3, -0.25) is 0 Å². The van der Waals surface area contributed by atoms with E-state index in [0.717, 1.165) is 15.6 Å². The minimum Gasteiger partial charge on any atom is -0.377 e. The van der Waals surface area contributed by atoms with Gasteiger partial charge in [0.25, 0.3) is 0 Å². The minimum absolute atomic E-state index is 0.0379. The second-order valence-corrected chi connectivity index (χ2v) is 7.35. The van der Waals surface area contributed by atoms with E-state index in [1.165, 1.54) is 6.07 Å². The van der Waals surface area contributed by atoms with E-state index in [1.807, 2.05) is 20.8 Å². The second kappa shape index (κ2) is 5.51. The zero-order valence-corrected chi connectivity index (χ0v) is 13.2. The molecule has 0 aliphatic rings. The molecule has 1 unspecified atom stereocenters. The van der Waals surface area contributed by atoms with Gasteiger partial charge in [-0.2, -0.15) is 0 Å². The van der Waals surface area contributed by atoms with Crippen molar-refractivity contribution in [1.29, 1.82) is 0 Å². The Morgan fingerprint density at radius 3 is 2.50 bits per heavy atom. The highest BCUT2D eigenvalue weighted by molar-refractivity contribution is 7.89. The van der Waals surface area contributed by atoms with Gasteiger partial charge < -0.3 is 5.32 Å². The zero-order valence-electron chi connectivity index (χ0n) is 11.5. The summed E-state index contributed by atoms with van der Waals surface area (Å²) in [4.78, 5) is 5.57. The molecule has 0 saturated carbocycles. The third kappa shape index (κ3) is 3.17. The fourth-order valence-electron chi connectivity index (χ4n) is 2.08. The number of aryl methyl sites for hydroxylation is 2. The summed E-state index contributed by atoms with van der Waals surface area (Å²) in [5, 5.41) is 9.42. The Morgan fingerprint density at radius 2 is 1.95 bits per heavy atom. The molecule has 0 aliphatic heterocycles. The number of nitrogens with two attached hydrogens (primary N) is 1. The Kier molecular flexibility index (Phi) is 4.12. The SMILES string of the molecule is Cc1nc(C)c(C(C)Nc2ccccc2S(N)(=O)=O)s1. The van der Waals surface area contributed by atoms with Crippen LogP contribution in [0.2, 0.25) is 0 Å². The monoisotopic (exact) mass is 311 g/mol. The summed E-state index contributed by atoms with van der Waals surface area (Å²) in [7, 11) is -3.74. The van der Waals surface area contributed by atoms with Crippen LogP contribution in [-0.4, -0.2) is 13.4 Å². The van der Waals surface area contributed by atoms with E-state index in [1.54, 1.807) is 29.5 Å². The molecule has 0 radical (unpaired) electrons. The standard InChI is InChI=1S/C13H17N3O2S2/c1-8-13(19-10(3)15-8)9(2)16-11-6-4-5-7-12(11)20(14,17)18/h4-7,9,16H,1-3H3,(H2,14,17,18). The molecule has 2 aromatic rings. The van der Waals surface area contributed by atoms with Gasteiger partial charge in [0.1, 0.15) is 4.90 Å². The number of benzene rings is 1. The van der Waals surface area contributed by atoms with Crippen molar-refractivity contribution in [2.45, 2.75) is 31.7 Å². The normalized spacial score (nSPS) is 13.2. The van der Waals surface area contributed by atoms with Gasteiger partial charge in [-0.15, -0.1) is 11.3 Å². The first kappa shape index (κ1) is 15.0. The lowest BCUT2D eigenvalue weighted by Gasteiger charge is -2.16. The summed E-state index contributed by atoms with van der Waals surface area (Å²) in [6.07, 6.45) is 0. The number of nitrogens with one attached hydrogen (secondary N) is 1. The van der Waals surface area contributed by atoms with E-state index in [-0.39, 0.29) is 10.9 Å². The van der Waals surface area contributed by atoms with Crippen molar-refractivity contribution in [3.05, 3.63) is 39.8 Å². The Hall–Kier alpha value is -1.44. The largest absolute Gasteiger partial charge is 0.377 e. The molecule has 20 heavy (non-hydrogen) atoms. The molecule has 108 valence electrons. The van der Waals surface area contributed by atoms with Crippen LogP contribution in [0.5, 0.6) is 0 Å². The average molecular weight is 311 g/mol. The number of sulfonamides is 1. The third-order valence-electron chi connectivity index (χ3n) is 2.90. The van der Waals surface area contributed by atoms with Crippen LogP contribution >= 0.6 is 11.3 Å². The molecule has 0 aliphatic carbocycles. The van der Waals surface area contributed by atoms with Gasteiger partial charge in [-0.05, 0) is 32.9 Å². The van der Waals surface area contributed by atoms with Gasteiger partial charge in [0.05, 0.1) is 22.4 Å². The van der Waals surface area contributed by atoms with Crippen LogP contribution in [0.3, 0.4) is 0 Å². The van der Waals surface area contributed by atoms with Crippen LogP contribution in [-0.2, 0) is 10.0 Å². The number of para-hydroxylation sites is 1. The summed E-state index contributed by atoms with van der Waals surface area (Å²) >= 11 is 1.60. The van der Waals surface area contributed by atoms with Gasteiger partial charge in [-0.1, -0.05) is 12.1 Å². The maximum absolute atomic E-state index is 11.6. The van der Waals surface area contributed by atoms with E-state index in [0.29, 0.717) is 5.69 Å². The maximum Gasteiger partial charge on any atom is 0.240 e. The van der Waals surface area contributed by atoms with Gasteiger partial charge in [0.2, 0.25) is 10.0 Å². The number of nitrogens with zero attached hydrogens (tertiary/aromatic N) is 1. The summed E-state index contributed by atoms with van der Waals surface area (Å²) in [5.41, 5.74) is 1.47. The predicted molar refractivity (Wildman–Crippen MR) is 81.4 cm³/mol. The van der Waals surface area contributed by atoms with Crippen molar-refractivity contribution in [2.75, 3.05) is 5.32 Å². The van der Waals surface area contributed by atoms with Gasteiger partial charge in [0.15, 0.2) is 0 Å². The molecule has 1 aromatic heterocycles. The fraction of sp³-hybridized carbons (Fsp3) is 0.308. The van der Waals surface area contributed by atoms with Crippen LogP contribution in [0.4, 0.5) is 5.69 Å². The van der Waals surface area contributed by atoms with Crippen molar-refractivity contribution >= 4 is 27.0 Å². The van der Waals surface area contributed by atoms with Crippen LogP contribution in [0.15, 0.2) is 29.2 Å². The molecule has 0 fully saturated rings. The molecular formula is C13H17N3O2S2. The number of rotatable bonds is 4. The van der Waals surface area contributed by atoms with E-state index >= 15 is 0 Å². The average Bonchev–Trinajstić information content (AvgIpc) is 2.68. The number of hydrogen-bond donors (Lipinski definition) is 2. The predicted octanol–water partition coefficient (Wildman–Crippen LogP) is 2.58. The van der Waals surface area contributed by atoms with E-state index in [4.69, 9.17) is 5.14 Å². The van der Waals surface area contributed by atoms with Crippen LogP contribution in [0.1, 0.15) is 28.5 Å². The molecule has 5 nitrogen and oxygen atoms in total. The highest BCUT2D eigenvalue weighted by Crippen LogP contribution is 2.29. The molecule has 2 rings (SSSR count). The molecular weight excluding hydrogens is 294 g/mol. The summed E-state index contributed by atoms with van der Waals surface area (Å²) in [6.45, 7) is 5.87. The summed E-state index contributed by atoms with van der Waals surface area (Å²) in [5.74, 6) is 0. The first-order valence-corrected chi connectivity index (χ1v) is 8.47. The highest BCUT2D eigenvalue weighted by atomic mass is 32.2. The quantitative estimate of drug-likeness (QED) is 0.909. The van der Waals surface area contributed by atoms with Crippen LogP contribution < -0.4 is 10.5 Å². The van der Waals surface area contributed by atoms with Gasteiger partial charge >= 0.3 is 0 Å². The van der Waals surface area contributed by atoms with Crippen molar-refractivity contribution in [3.63, 3.8) is 0 Å². The smallest absolute Gasteiger partial charge is 0.240 e.